The highest BCUT2D eigenvalue weighted by molar-refractivity contribution is 7.92. The molecule has 0 saturated carbocycles. The lowest BCUT2D eigenvalue weighted by Crippen LogP contribution is -2.14. The van der Waals surface area contributed by atoms with Gasteiger partial charge in [0.25, 0.3) is 15.7 Å². The van der Waals surface area contributed by atoms with Crippen molar-refractivity contribution in [3.05, 3.63) is 56.7 Å². The number of pyridine rings is 1. The largest absolute Gasteiger partial charge is 0.273 e. The standard InChI is InChI=1S/C13H12ClN3O4S/c1-8-5-11(6-12(9(8)2)17(18)19)22(20,21)16-13-4-3-10(14)7-15-13/h3-7H,1-2H3,(H,15,16). The Hall–Kier alpha value is -2.19. The molecule has 0 bridgehead atoms. The first kappa shape index (κ1) is 16.2. The van der Waals surface area contributed by atoms with Gasteiger partial charge in [-0.2, -0.15) is 0 Å². The first-order valence-corrected chi connectivity index (χ1v) is 7.97. The van der Waals surface area contributed by atoms with Crippen LogP contribution in [0.25, 0.3) is 0 Å². The second-order valence-electron chi connectivity index (χ2n) is 4.61. The van der Waals surface area contributed by atoms with Gasteiger partial charge in [0, 0.05) is 17.8 Å². The molecule has 0 radical (unpaired) electrons. The molecule has 0 saturated heterocycles. The highest BCUT2D eigenvalue weighted by Crippen LogP contribution is 2.26. The van der Waals surface area contributed by atoms with Crippen LogP contribution in [-0.2, 0) is 10.0 Å². The quantitative estimate of drug-likeness (QED) is 0.680. The molecule has 0 fully saturated rings. The number of anilines is 1. The number of hydrogen-bond donors (Lipinski definition) is 1. The molecule has 1 aromatic carbocycles. The lowest BCUT2D eigenvalue weighted by atomic mass is 10.1. The molecule has 22 heavy (non-hydrogen) atoms. The topological polar surface area (TPSA) is 102 Å². The minimum absolute atomic E-state index is 0.0743. The van der Waals surface area contributed by atoms with Crippen LogP contribution < -0.4 is 4.72 Å². The van der Waals surface area contributed by atoms with Crippen LogP contribution in [0.1, 0.15) is 11.1 Å². The van der Waals surface area contributed by atoms with Crippen molar-refractivity contribution in [1.29, 1.82) is 0 Å². The van der Waals surface area contributed by atoms with E-state index in [1.165, 1.54) is 24.4 Å². The average Bonchev–Trinajstić information content (AvgIpc) is 2.43. The van der Waals surface area contributed by atoms with Gasteiger partial charge >= 0.3 is 0 Å². The Labute approximate surface area is 132 Å². The van der Waals surface area contributed by atoms with Gasteiger partial charge in [0.1, 0.15) is 5.82 Å². The summed E-state index contributed by atoms with van der Waals surface area (Å²) in [6.07, 6.45) is 1.29. The van der Waals surface area contributed by atoms with Crippen LogP contribution in [0.5, 0.6) is 0 Å². The van der Waals surface area contributed by atoms with E-state index in [2.05, 4.69) is 9.71 Å². The van der Waals surface area contributed by atoms with Crippen LogP contribution >= 0.6 is 11.6 Å². The third-order valence-electron chi connectivity index (χ3n) is 3.09. The number of hydrogen-bond acceptors (Lipinski definition) is 5. The van der Waals surface area contributed by atoms with E-state index in [0.717, 1.165) is 6.07 Å². The number of nitro benzene ring substituents is 1. The Morgan fingerprint density at radius 3 is 2.50 bits per heavy atom. The Morgan fingerprint density at radius 2 is 1.95 bits per heavy atom. The molecule has 2 aromatic rings. The van der Waals surface area contributed by atoms with Gasteiger partial charge in [-0.1, -0.05) is 11.6 Å². The number of sulfonamides is 1. The van der Waals surface area contributed by atoms with E-state index in [1.807, 2.05) is 0 Å². The van der Waals surface area contributed by atoms with Crippen LogP contribution in [0.2, 0.25) is 5.02 Å². The van der Waals surface area contributed by atoms with Gasteiger partial charge in [-0.05, 0) is 37.6 Å². The van der Waals surface area contributed by atoms with Crippen molar-refractivity contribution in [3.8, 4) is 0 Å². The molecule has 0 aliphatic carbocycles. The molecule has 0 aliphatic rings. The number of benzene rings is 1. The van der Waals surface area contributed by atoms with E-state index >= 15 is 0 Å². The number of nitrogens with one attached hydrogen (secondary N) is 1. The van der Waals surface area contributed by atoms with Crippen molar-refractivity contribution in [2.45, 2.75) is 18.7 Å². The molecule has 0 aliphatic heterocycles. The molecule has 0 unspecified atom stereocenters. The number of aromatic nitrogens is 1. The Balaban J connectivity index is 2.45. The van der Waals surface area contributed by atoms with Gasteiger partial charge in [-0.15, -0.1) is 0 Å². The van der Waals surface area contributed by atoms with Gasteiger partial charge in [0.15, 0.2) is 0 Å². The average molecular weight is 342 g/mol. The predicted molar refractivity (Wildman–Crippen MR) is 82.6 cm³/mol. The molecular weight excluding hydrogens is 330 g/mol. The monoisotopic (exact) mass is 341 g/mol. The van der Waals surface area contributed by atoms with Gasteiger partial charge in [-0.25, -0.2) is 13.4 Å². The zero-order chi connectivity index (χ0) is 16.5. The molecule has 0 amide bonds. The fourth-order valence-electron chi connectivity index (χ4n) is 1.79. The van der Waals surface area contributed by atoms with E-state index in [0.29, 0.717) is 16.1 Å². The zero-order valence-corrected chi connectivity index (χ0v) is 13.3. The summed E-state index contributed by atoms with van der Waals surface area (Å²) < 4.78 is 26.9. The number of nitrogens with zero attached hydrogens (tertiary/aromatic N) is 2. The molecule has 116 valence electrons. The molecule has 9 heteroatoms. The third-order valence-corrected chi connectivity index (χ3v) is 4.64. The summed E-state index contributed by atoms with van der Waals surface area (Å²) in [6.45, 7) is 3.18. The summed E-state index contributed by atoms with van der Waals surface area (Å²) in [7, 11) is -3.98. The SMILES string of the molecule is Cc1cc(S(=O)(=O)Nc2ccc(Cl)cn2)cc([N+](=O)[O-])c1C. The summed E-state index contributed by atoms with van der Waals surface area (Å²) in [5.74, 6) is 0.0743. The van der Waals surface area contributed by atoms with Crippen molar-refractivity contribution in [2.24, 2.45) is 0 Å². The number of rotatable bonds is 4. The lowest BCUT2D eigenvalue weighted by Gasteiger charge is -2.09. The van der Waals surface area contributed by atoms with Gasteiger partial charge in [0.05, 0.1) is 14.8 Å². The lowest BCUT2D eigenvalue weighted by molar-refractivity contribution is -0.385. The van der Waals surface area contributed by atoms with E-state index in [-0.39, 0.29) is 16.4 Å². The van der Waals surface area contributed by atoms with E-state index in [4.69, 9.17) is 11.6 Å². The Kier molecular flexibility index (Phi) is 4.34. The summed E-state index contributed by atoms with van der Waals surface area (Å²) in [5.41, 5.74) is 0.691. The Bertz CT molecular complexity index is 835. The molecule has 7 nitrogen and oxygen atoms in total. The third kappa shape index (κ3) is 3.34. The van der Waals surface area contributed by atoms with Gasteiger partial charge in [-0.3, -0.25) is 14.8 Å². The molecule has 1 heterocycles. The van der Waals surface area contributed by atoms with Crippen LogP contribution in [-0.4, -0.2) is 18.3 Å². The van der Waals surface area contributed by atoms with Crippen molar-refractivity contribution in [1.82, 2.24) is 4.98 Å². The Morgan fingerprint density at radius 1 is 1.27 bits per heavy atom. The number of aryl methyl sites for hydroxylation is 1. The smallest absolute Gasteiger partial charge is 0.263 e. The molecule has 0 atom stereocenters. The minimum Gasteiger partial charge on any atom is -0.263 e. The summed E-state index contributed by atoms with van der Waals surface area (Å²) in [5, 5.41) is 11.4. The molecule has 0 spiro atoms. The van der Waals surface area contributed by atoms with E-state index in [9.17, 15) is 18.5 Å². The molecular formula is C13H12ClN3O4S. The van der Waals surface area contributed by atoms with Crippen LogP contribution in [0.4, 0.5) is 11.5 Å². The fourth-order valence-corrected chi connectivity index (χ4v) is 3.01. The summed E-state index contributed by atoms with van der Waals surface area (Å²) >= 11 is 5.68. The van der Waals surface area contributed by atoms with Crippen molar-refractivity contribution in [3.63, 3.8) is 0 Å². The highest BCUT2D eigenvalue weighted by Gasteiger charge is 2.22. The van der Waals surface area contributed by atoms with Crippen LogP contribution in [0, 0.1) is 24.0 Å². The number of halogens is 1. The number of nitro groups is 1. The maximum atomic E-state index is 12.3. The van der Waals surface area contributed by atoms with Crippen LogP contribution in [0.3, 0.4) is 0 Å². The summed E-state index contributed by atoms with van der Waals surface area (Å²) in [4.78, 5) is 14.0. The van der Waals surface area contributed by atoms with Crippen molar-refractivity contribution < 1.29 is 13.3 Å². The maximum Gasteiger partial charge on any atom is 0.273 e. The molecule has 2 rings (SSSR count). The van der Waals surface area contributed by atoms with E-state index in [1.54, 1.807) is 13.8 Å². The second kappa shape index (κ2) is 5.90. The first-order valence-electron chi connectivity index (χ1n) is 6.11. The molecule has 1 N–H and O–H groups in total. The van der Waals surface area contributed by atoms with Gasteiger partial charge < -0.3 is 0 Å². The fraction of sp³-hybridized carbons (Fsp3) is 0.154. The van der Waals surface area contributed by atoms with Crippen molar-refractivity contribution >= 4 is 33.1 Å². The summed E-state index contributed by atoms with van der Waals surface area (Å²) in [6, 6.07) is 5.28. The second-order valence-corrected chi connectivity index (χ2v) is 6.73. The van der Waals surface area contributed by atoms with Crippen LogP contribution in [0.15, 0.2) is 35.4 Å². The minimum atomic E-state index is -3.98. The van der Waals surface area contributed by atoms with Crippen molar-refractivity contribution in [2.75, 3.05) is 4.72 Å². The van der Waals surface area contributed by atoms with Gasteiger partial charge in [0.2, 0.25) is 0 Å². The highest BCUT2D eigenvalue weighted by atomic mass is 35.5. The molecule has 1 aromatic heterocycles. The zero-order valence-electron chi connectivity index (χ0n) is 11.7. The van der Waals surface area contributed by atoms with E-state index < -0.39 is 14.9 Å². The normalized spacial score (nSPS) is 11.2. The maximum absolute atomic E-state index is 12.3. The predicted octanol–water partition coefficient (Wildman–Crippen LogP) is 3.06. The first-order chi connectivity index (χ1) is 10.2.